The Balaban J connectivity index is 1.03. The van der Waals surface area contributed by atoms with Gasteiger partial charge in [0.15, 0.2) is 23.0 Å². The summed E-state index contributed by atoms with van der Waals surface area (Å²) in [5, 5.41) is 5.77. The van der Waals surface area contributed by atoms with Gasteiger partial charge in [0.2, 0.25) is 25.4 Å². The molecule has 2 heterocycles. The van der Waals surface area contributed by atoms with E-state index in [1.54, 1.807) is 12.2 Å². The van der Waals surface area contributed by atoms with Crippen LogP contribution in [0.5, 0.6) is 23.0 Å². The highest BCUT2D eigenvalue weighted by molar-refractivity contribution is 5.92. The van der Waals surface area contributed by atoms with Crippen molar-refractivity contribution in [2.24, 2.45) is 0 Å². The van der Waals surface area contributed by atoms with Gasteiger partial charge in [0.05, 0.1) is 0 Å². The summed E-state index contributed by atoms with van der Waals surface area (Å²) in [6.45, 7) is 1.70. The van der Waals surface area contributed by atoms with E-state index < -0.39 is 0 Å². The lowest BCUT2D eigenvalue weighted by Gasteiger charge is -2.04. The molecule has 4 rings (SSSR count). The number of carbonyl (C=O) groups excluding carboxylic acids is 2. The van der Waals surface area contributed by atoms with Gasteiger partial charge >= 0.3 is 0 Å². The van der Waals surface area contributed by atoms with Crippen molar-refractivity contribution >= 4 is 24.0 Å². The molecule has 0 saturated heterocycles. The Morgan fingerprint density at radius 1 is 0.647 bits per heavy atom. The molecule has 0 aromatic heterocycles. The van der Waals surface area contributed by atoms with Crippen molar-refractivity contribution in [3.8, 4) is 23.0 Å². The second-order valence-corrected chi connectivity index (χ2v) is 7.89. The van der Waals surface area contributed by atoms with Gasteiger partial charge in [-0.25, -0.2) is 0 Å². The van der Waals surface area contributed by atoms with E-state index in [1.165, 1.54) is 12.2 Å². The Bertz CT molecular complexity index is 993. The van der Waals surface area contributed by atoms with E-state index >= 15 is 0 Å². The third kappa shape index (κ3) is 6.78. The Kier molecular flexibility index (Phi) is 8.05. The highest BCUT2D eigenvalue weighted by Crippen LogP contribution is 2.33. The minimum Gasteiger partial charge on any atom is -0.454 e. The normalized spacial score (nSPS) is 13.5. The van der Waals surface area contributed by atoms with E-state index in [0.29, 0.717) is 24.6 Å². The van der Waals surface area contributed by atoms with Gasteiger partial charge in [-0.15, -0.1) is 0 Å². The molecular formula is C26H28N2O6. The molecular weight excluding hydrogens is 436 g/mol. The fourth-order valence-electron chi connectivity index (χ4n) is 3.52. The molecule has 2 aromatic rings. The number of ether oxygens (including phenoxy) is 4. The number of unbranched alkanes of at least 4 members (excludes halogenated alkanes) is 3. The molecule has 2 aliphatic rings. The molecule has 0 atom stereocenters. The second kappa shape index (κ2) is 11.8. The number of hydrogen-bond acceptors (Lipinski definition) is 6. The van der Waals surface area contributed by atoms with E-state index in [-0.39, 0.29) is 25.4 Å². The Labute approximate surface area is 198 Å². The van der Waals surface area contributed by atoms with Gasteiger partial charge in [-0.05, 0) is 60.4 Å². The first-order valence-electron chi connectivity index (χ1n) is 11.4. The Hall–Kier alpha value is -3.94. The third-order valence-corrected chi connectivity index (χ3v) is 5.35. The van der Waals surface area contributed by atoms with Gasteiger partial charge in [0, 0.05) is 25.2 Å². The zero-order valence-corrected chi connectivity index (χ0v) is 18.9. The molecule has 178 valence electrons. The SMILES string of the molecule is O=C(/C=C/c1ccc2c(c1)OCO2)NCCCCCCNC(=O)/C=C/c1ccc2c(c1)OCO2. The van der Waals surface area contributed by atoms with Crippen LogP contribution in [0.4, 0.5) is 0 Å². The summed E-state index contributed by atoms with van der Waals surface area (Å²) in [4.78, 5) is 23.9. The molecule has 0 bridgehead atoms. The van der Waals surface area contributed by atoms with Crippen molar-refractivity contribution < 1.29 is 28.5 Å². The first-order valence-corrected chi connectivity index (χ1v) is 11.4. The van der Waals surface area contributed by atoms with Gasteiger partial charge in [0.25, 0.3) is 0 Å². The van der Waals surface area contributed by atoms with Crippen LogP contribution >= 0.6 is 0 Å². The lowest BCUT2D eigenvalue weighted by Crippen LogP contribution is -2.23. The lowest BCUT2D eigenvalue weighted by atomic mass is 10.1. The van der Waals surface area contributed by atoms with Crippen molar-refractivity contribution in [2.75, 3.05) is 26.7 Å². The largest absolute Gasteiger partial charge is 0.454 e. The highest BCUT2D eigenvalue weighted by Gasteiger charge is 2.13. The third-order valence-electron chi connectivity index (χ3n) is 5.35. The van der Waals surface area contributed by atoms with Crippen LogP contribution in [-0.2, 0) is 9.59 Å². The van der Waals surface area contributed by atoms with E-state index in [1.807, 2.05) is 36.4 Å². The van der Waals surface area contributed by atoms with E-state index in [4.69, 9.17) is 18.9 Å². The van der Waals surface area contributed by atoms with Crippen LogP contribution in [0.3, 0.4) is 0 Å². The number of hydrogen-bond donors (Lipinski definition) is 2. The van der Waals surface area contributed by atoms with Crippen LogP contribution in [0, 0.1) is 0 Å². The van der Waals surface area contributed by atoms with Crippen LogP contribution in [0.1, 0.15) is 36.8 Å². The summed E-state index contributed by atoms with van der Waals surface area (Å²) in [5.41, 5.74) is 1.76. The van der Waals surface area contributed by atoms with Crippen molar-refractivity contribution in [2.45, 2.75) is 25.7 Å². The summed E-state index contributed by atoms with van der Waals surface area (Å²) < 4.78 is 21.2. The predicted octanol–water partition coefficient (Wildman–Crippen LogP) is 3.66. The summed E-state index contributed by atoms with van der Waals surface area (Å²) in [6.07, 6.45) is 10.3. The highest BCUT2D eigenvalue weighted by atomic mass is 16.7. The van der Waals surface area contributed by atoms with E-state index in [0.717, 1.165) is 48.3 Å². The zero-order valence-electron chi connectivity index (χ0n) is 18.9. The van der Waals surface area contributed by atoms with E-state index in [2.05, 4.69) is 10.6 Å². The van der Waals surface area contributed by atoms with Gasteiger partial charge in [-0.2, -0.15) is 0 Å². The molecule has 2 amide bonds. The summed E-state index contributed by atoms with van der Waals surface area (Å²) >= 11 is 0. The number of nitrogens with one attached hydrogen (secondary N) is 2. The lowest BCUT2D eigenvalue weighted by molar-refractivity contribution is -0.117. The van der Waals surface area contributed by atoms with Crippen LogP contribution in [0.25, 0.3) is 12.2 Å². The van der Waals surface area contributed by atoms with Crippen LogP contribution in [0.2, 0.25) is 0 Å². The topological polar surface area (TPSA) is 95.1 Å². The number of benzene rings is 2. The number of amides is 2. The second-order valence-electron chi connectivity index (χ2n) is 7.89. The van der Waals surface area contributed by atoms with Crippen LogP contribution in [0.15, 0.2) is 48.6 Å². The van der Waals surface area contributed by atoms with Crippen LogP contribution in [-0.4, -0.2) is 38.5 Å². The molecule has 0 fully saturated rings. The average Bonchev–Trinajstić information content (AvgIpc) is 3.51. The number of carbonyl (C=O) groups is 2. The standard InChI is InChI=1S/C26H28N2O6/c29-25(11-7-19-5-9-21-23(15-19)33-17-31-21)27-13-3-1-2-4-14-28-26(30)12-8-20-6-10-22-24(16-20)34-18-32-22/h5-12,15-16H,1-4,13-14,17-18H2,(H,27,29)(H,28,30)/b11-7+,12-8+. The molecule has 0 spiro atoms. The minimum atomic E-state index is -0.126. The molecule has 2 aromatic carbocycles. The Morgan fingerprint density at radius 3 is 1.56 bits per heavy atom. The fraction of sp³-hybridized carbons (Fsp3) is 0.308. The maximum atomic E-state index is 12.0. The maximum Gasteiger partial charge on any atom is 0.243 e. The fourth-order valence-corrected chi connectivity index (χ4v) is 3.52. The maximum absolute atomic E-state index is 12.0. The zero-order chi connectivity index (χ0) is 23.6. The molecule has 2 N–H and O–H groups in total. The molecule has 0 unspecified atom stereocenters. The van der Waals surface area contributed by atoms with Crippen molar-refractivity contribution in [1.82, 2.24) is 10.6 Å². The number of rotatable bonds is 11. The first-order chi connectivity index (χ1) is 16.7. The molecule has 2 aliphatic heterocycles. The monoisotopic (exact) mass is 464 g/mol. The summed E-state index contributed by atoms with van der Waals surface area (Å²) in [6, 6.07) is 11.1. The molecule has 8 nitrogen and oxygen atoms in total. The van der Waals surface area contributed by atoms with Gasteiger partial charge < -0.3 is 29.6 Å². The van der Waals surface area contributed by atoms with Gasteiger partial charge in [-0.3, -0.25) is 9.59 Å². The smallest absolute Gasteiger partial charge is 0.243 e. The summed E-state index contributed by atoms with van der Waals surface area (Å²) in [5.74, 6) is 2.58. The first kappa shape index (κ1) is 23.2. The van der Waals surface area contributed by atoms with E-state index in [9.17, 15) is 9.59 Å². The quantitative estimate of drug-likeness (QED) is 0.389. The molecule has 0 radical (unpaired) electrons. The van der Waals surface area contributed by atoms with Crippen LogP contribution < -0.4 is 29.6 Å². The van der Waals surface area contributed by atoms with Crippen molar-refractivity contribution in [1.29, 1.82) is 0 Å². The Morgan fingerprint density at radius 2 is 1.09 bits per heavy atom. The predicted molar refractivity (Wildman–Crippen MR) is 128 cm³/mol. The van der Waals surface area contributed by atoms with Gasteiger partial charge in [0.1, 0.15) is 0 Å². The number of fused-ring (bicyclic) bond motifs is 2. The van der Waals surface area contributed by atoms with Crippen molar-refractivity contribution in [3.05, 3.63) is 59.7 Å². The summed E-state index contributed by atoms with van der Waals surface area (Å²) in [7, 11) is 0. The van der Waals surface area contributed by atoms with Gasteiger partial charge in [-0.1, -0.05) is 25.0 Å². The van der Waals surface area contributed by atoms with Crippen molar-refractivity contribution in [3.63, 3.8) is 0 Å². The molecule has 0 aliphatic carbocycles. The minimum absolute atomic E-state index is 0.126. The molecule has 8 heteroatoms. The molecule has 0 saturated carbocycles. The average molecular weight is 465 g/mol. The molecule has 34 heavy (non-hydrogen) atoms.